The number of thiazole rings is 1. The maximum Gasteiger partial charge on any atom is 0.235 e. The first-order valence-corrected chi connectivity index (χ1v) is 9.70. The van der Waals surface area contributed by atoms with Gasteiger partial charge in [0.05, 0.1) is 11.4 Å². The first-order valence-electron chi connectivity index (χ1n) is 8.01. The van der Waals surface area contributed by atoms with Crippen LogP contribution in [0.25, 0.3) is 4.96 Å². The standard InChI is InChI=1S/C15H19N5OS2/c1-2-18-5-7-19(8-6-18)12(11-4-3-9-22-11)13-14(21)20-15(23-13)16-10-17-20/h3-4,9-10,12,21H,2,5-8H2,1H3/p+2/t12-/m1/s1. The highest BCUT2D eigenvalue weighted by Gasteiger charge is 2.36. The molecular weight excluding hydrogens is 330 g/mol. The van der Waals surface area contributed by atoms with Crippen LogP contribution in [0.2, 0.25) is 0 Å². The minimum absolute atomic E-state index is 0.182. The lowest BCUT2D eigenvalue weighted by atomic mass is 10.1. The van der Waals surface area contributed by atoms with Gasteiger partial charge < -0.3 is 14.9 Å². The molecule has 4 heterocycles. The van der Waals surface area contributed by atoms with E-state index in [-0.39, 0.29) is 11.9 Å². The lowest BCUT2D eigenvalue weighted by Crippen LogP contribution is -3.28. The van der Waals surface area contributed by atoms with Gasteiger partial charge in [-0.25, -0.2) is 4.98 Å². The number of fused-ring (bicyclic) bond motifs is 1. The van der Waals surface area contributed by atoms with Gasteiger partial charge in [0.2, 0.25) is 10.8 Å². The topological polar surface area (TPSA) is 59.3 Å². The Morgan fingerprint density at radius 1 is 1.35 bits per heavy atom. The molecule has 0 aliphatic carbocycles. The van der Waals surface area contributed by atoms with Crippen LogP contribution in [0.1, 0.15) is 22.7 Å². The minimum Gasteiger partial charge on any atom is -0.492 e. The Kier molecular flexibility index (Phi) is 4.06. The van der Waals surface area contributed by atoms with Gasteiger partial charge in [0.15, 0.2) is 6.04 Å². The van der Waals surface area contributed by atoms with Gasteiger partial charge in [-0.2, -0.15) is 9.61 Å². The molecule has 3 aromatic heterocycles. The summed E-state index contributed by atoms with van der Waals surface area (Å²) in [4.78, 5) is 10.5. The number of hydrogen-bond donors (Lipinski definition) is 3. The molecule has 1 fully saturated rings. The Morgan fingerprint density at radius 2 is 2.17 bits per heavy atom. The number of likely N-dealkylation sites (N-methyl/N-ethyl adjacent to an activating group) is 1. The molecule has 122 valence electrons. The molecule has 6 nitrogen and oxygen atoms in total. The summed E-state index contributed by atoms with van der Waals surface area (Å²) in [5.41, 5.74) is 0. The van der Waals surface area contributed by atoms with E-state index in [1.807, 2.05) is 0 Å². The highest BCUT2D eigenvalue weighted by atomic mass is 32.1. The molecule has 0 spiro atoms. The Hall–Kier alpha value is -1.48. The summed E-state index contributed by atoms with van der Waals surface area (Å²) in [5.74, 6) is 0.249. The fraction of sp³-hybridized carbons (Fsp3) is 0.467. The molecule has 0 radical (unpaired) electrons. The molecular formula is C15H21N5OS2+2. The lowest BCUT2D eigenvalue weighted by molar-refractivity contribution is -1.02. The van der Waals surface area contributed by atoms with E-state index in [4.69, 9.17) is 0 Å². The van der Waals surface area contributed by atoms with Gasteiger partial charge in [-0.15, -0.1) is 11.3 Å². The van der Waals surface area contributed by atoms with Crippen LogP contribution in [0.15, 0.2) is 23.8 Å². The van der Waals surface area contributed by atoms with Crippen LogP contribution in [0, 0.1) is 0 Å². The third kappa shape index (κ3) is 2.65. The van der Waals surface area contributed by atoms with E-state index in [1.54, 1.807) is 32.1 Å². The van der Waals surface area contributed by atoms with Gasteiger partial charge >= 0.3 is 0 Å². The summed E-state index contributed by atoms with van der Waals surface area (Å²) in [6.45, 7) is 8.07. The Labute approximate surface area is 142 Å². The Morgan fingerprint density at radius 3 is 2.83 bits per heavy atom. The molecule has 3 aromatic rings. The summed E-state index contributed by atoms with van der Waals surface area (Å²) >= 11 is 3.32. The summed E-state index contributed by atoms with van der Waals surface area (Å²) in [7, 11) is 0. The number of aromatic hydroxyl groups is 1. The molecule has 0 unspecified atom stereocenters. The van der Waals surface area contributed by atoms with Gasteiger partial charge in [-0.3, -0.25) is 0 Å². The number of aromatic nitrogens is 3. The molecule has 1 aliphatic heterocycles. The Balaban J connectivity index is 1.71. The molecule has 0 saturated carbocycles. The second-order valence-corrected chi connectivity index (χ2v) is 7.94. The van der Waals surface area contributed by atoms with Crippen LogP contribution < -0.4 is 9.80 Å². The first kappa shape index (κ1) is 15.1. The second-order valence-electron chi connectivity index (χ2n) is 5.95. The van der Waals surface area contributed by atoms with E-state index in [0.29, 0.717) is 0 Å². The number of hydrogen-bond acceptors (Lipinski definition) is 5. The zero-order valence-corrected chi connectivity index (χ0v) is 14.7. The average molecular weight is 352 g/mol. The average Bonchev–Trinajstić information content (AvgIpc) is 3.30. The third-order valence-electron chi connectivity index (χ3n) is 4.74. The summed E-state index contributed by atoms with van der Waals surface area (Å²) < 4.78 is 1.55. The minimum atomic E-state index is 0.182. The quantitative estimate of drug-likeness (QED) is 0.591. The molecule has 23 heavy (non-hydrogen) atoms. The number of nitrogens with zero attached hydrogens (tertiary/aromatic N) is 3. The number of rotatable bonds is 4. The van der Waals surface area contributed by atoms with Crippen molar-refractivity contribution in [1.29, 1.82) is 0 Å². The van der Waals surface area contributed by atoms with E-state index in [0.717, 1.165) is 22.9 Å². The van der Waals surface area contributed by atoms with Gasteiger partial charge in [-0.05, 0) is 18.4 Å². The molecule has 4 rings (SSSR count). The van der Waals surface area contributed by atoms with E-state index < -0.39 is 0 Å². The van der Waals surface area contributed by atoms with Crippen molar-refractivity contribution in [2.24, 2.45) is 0 Å². The van der Waals surface area contributed by atoms with Crippen molar-refractivity contribution in [3.8, 4) is 5.88 Å². The van der Waals surface area contributed by atoms with E-state index >= 15 is 0 Å². The van der Waals surface area contributed by atoms with E-state index in [1.165, 1.54) is 35.7 Å². The maximum absolute atomic E-state index is 10.6. The van der Waals surface area contributed by atoms with Crippen molar-refractivity contribution >= 4 is 27.6 Å². The fourth-order valence-corrected chi connectivity index (χ4v) is 5.49. The lowest BCUT2D eigenvalue weighted by Gasteiger charge is -2.33. The van der Waals surface area contributed by atoms with E-state index in [2.05, 4.69) is 34.5 Å². The van der Waals surface area contributed by atoms with Gasteiger partial charge in [0.1, 0.15) is 37.4 Å². The molecule has 1 saturated heterocycles. The maximum atomic E-state index is 10.6. The first-order chi connectivity index (χ1) is 11.3. The molecule has 1 aliphatic rings. The molecule has 0 bridgehead atoms. The van der Waals surface area contributed by atoms with Crippen molar-refractivity contribution in [1.82, 2.24) is 14.6 Å². The van der Waals surface area contributed by atoms with E-state index in [9.17, 15) is 5.11 Å². The third-order valence-corrected chi connectivity index (χ3v) is 6.77. The predicted octanol–water partition coefficient (Wildman–Crippen LogP) is -0.549. The number of piperazine rings is 1. The van der Waals surface area contributed by atoms with Crippen LogP contribution in [0.3, 0.4) is 0 Å². The zero-order chi connectivity index (χ0) is 15.8. The molecule has 0 aromatic carbocycles. The van der Waals surface area contributed by atoms with Gasteiger partial charge in [-0.1, -0.05) is 17.4 Å². The van der Waals surface area contributed by atoms with Crippen molar-refractivity contribution in [2.75, 3.05) is 32.7 Å². The molecule has 8 heteroatoms. The Bertz CT molecular complexity index is 773. The number of nitrogens with one attached hydrogen (secondary N) is 2. The van der Waals surface area contributed by atoms with Crippen LogP contribution in [-0.4, -0.2) is 52.4 Å². The largest absolute Gasteiger partial charge is 0.492 e. The highest BCUT2D eigenvalue weighted by Crippen LogP contribution is 2.35. The number of quaternary nitrogens is 2. The van der Waals surface area contributed by atoms with Crippen molar-refractivity contribution in [3.63, 3.8) is 0 Å². The van der Waals surface area contributed by atoms with Crippen molar-refractivity contribution in [3.05, 3.63) is 33.6 Å². The van der Waals surface area contributed by atoms with Crippen LogP contribution in [0.5, 0.6) is 5.88 Å². The summed E-state index contributed by atoms with van der Waals surface area (Å²) in [6.07, 6.45) is 1.49. The second kappa shape index (κ2) is 6.20. The van der Waals surface area contributed by atoms with Gasteiger partial charge in [0.25, 0.3) is 0 Å². The molecule has 3 N–H and O–H groups in total. The van der Waals surface area contributed by atoms with Crippen LogP contribution in [0.4, 0.5) is 0 Å². The normalized spacial score (nSPS) is 23.3. The van der Waals surface area contributed by atoms with Gasteiger partial charge in [0, 0.05) is 0 Å². The fourth-order valence-electron chi connectivity index (χ4n) is 3.42. The SMILES string of the molecule is CC[NH+]1CC[NH+]([C@H](c2cccs2)c2sc3ncnn3c2O)CC1. The predicted molar refractivity (Wildman–Crippen MR) is 90.6 cm³/mol. The van der Waals surface area contributed by atoms with Crippen molar-refractivity contribution < 1.29 is 14.9 Å². The van der Waals surface area contributed by atoms with Crippen molar-refractivity contribution in [2.45, 2.75) is 13.0 Å². The molecule has 0 amide bonds. The smallest absolute Gasteiger partial charge is 0.235 e. The number of thiophene rings is 1. The monoisotopic (exact) mass is 351 g/mol. The summed E-state index contributed by atoms with van der Waals surface area (Å²) in [6, 6.07) is 4.45. The van der Waals surface area contributed by atoms with Crippen LogP contribution >= 0.6 is 22.7 Å². The zero-order valence-electron chi connectivity index (χ0n) is 13.0. The highest BCUT2D eigenvalue weighted by molar-refractivity contribution is 7.17. The molecule has 1 atom stereocenters. The van der Waals surface area contributed by atoms with Crippen LogP contribution in [-0.2, 0) is 0 Å². The summed E-state index contributed by atoms with van der Waals surface area (Å²) in [5, 5.41) is 16.9.